The molecular weight excluding hydrogens is 404 g/mol. The summed E-state index contributed by atoms with van der Waals surface area (Å²) < 4.78 is 10.8. The number of fused-ring (bicyclic) bond motifs is 1. The smallest absolute Gasteiger partial charge is 0.168 e. The average Bonchev–Trinajstić information content (AvgIpc) is 3.17. The molecule has 0 fully saturated rings. The zero-order valence-electron chi connectivity index (χ0n) is 20.0. The minimum Gasteiger partial charge on any atom is -0.489 e. The maximum absolute atomic E-state index is 6.02. The van der Waals surface area contributed by atoms with Crippen LogP contribution in [0.2, 0.25) is 0 Å². The second-order valence-electron chi connectivity index (χ2n) is 9.02. The van der Waals surface area contributed by atoms with Crippen LogP contribution in [-0.2, 0) is 19.7 Å². The summed E-state index contributed by atoms with van der Waals surface area (Å²) in [5.41, 5.74) is 3.85. The van der Waals surface area contributed by atoms with E-state index in [0.717, 1.165) is 18.8 Å². The normalized spacial score (nSPS) is 11.2. The second-order valence-corrected chi connectivity index (χ2v) is 9.02. The van der Waals surface area contributed by atoms with Gasteiger partial charge in [0.25, 0.3) is 0 Å². The predicted octanol–water partition coefficient (Wildman–Crippen LogP) is 7.25. The van der Waals surface area contributed by atoms with Gasteiger partial charge in [-0.25, -0.2) is 4.57 Å². The third-order valence-corrected chi connectivity index (χ3v) is 6.40. The van der Waals surface area contributed by atoms with Crippen LogP contribution in [-0.4, -0.2) is 4.57 Å². The maximum Gasteiger partial charge on any atom is 0.168 e. The van der Waals surface area contributed by atoms with Gasteiger partial charge in [-0.2, -0.15) is 0 Å². The van der Waals surface area contributed by atoms with Gasteiger partial charge in [0.2, 0.25) is 0 Å². The number of aryl methyl sites for hydroxylation is 3. The Hall–Kier alpha value is -3.07. The molecule has 4 aromatic rings. The molecule has 0 atom stereocenters. The highest BCUT2D eigenvalue weighted by atomic mass is 16.5. The molecule has 2 aromatic heterocycles. The number of benzene rings is 2. The summed E-state index contributed by atoms with van der Waals surface area (Å²) in [5, 5.41) is 1.27. The molecule has 3 nitrogen and oxygen atoms in total. The third kappa shape index (κ3) is 6.95. The van der Waals surface area contributed by atoms with Crippen LogP contribution in [0.1, 0.15) is 56.2 Å². The molecule has 172 valence electrons. The minimum atomic E-state index is 0.608. The van der Waals surface area contributed by atoms with Gasteiger partial charge in [0, 0.05) is 41.7 Å². The van der Waals surface area contributed by atoms with Gasteiger partial charge in [-0.05, 0) is 49.6 Å². The van der Waals surface area contributed by atoms with Crippen molar-refractivity contribution < 1.29 is 9.30 Å². The Labute approximate surface area is 198 Å². The molecule has 0 bridgehead atoms. The number of unbranched alkanes of at least 4 members (excludes halogenated alkanes) is 6. The molecule has 0 saturated heterocycles. The first-order valence-electron chi connectivity index (χ1n) is 12.5. The number of pyridine rings is 1. The highest BCUT2D eigenvalue weighted by Crippen LogP contribution is 2.26. The lowest BCUT2D eigenvalue weighted by Gasteiger charge is -2.10. The first kappa shape index (κ1) is 23.1. The molecule has 0 aliphatic heterocycles. The Bertz CT molecular complexity index is 1100. The lowest BCUT2D eigenvalue weighted by atomic mass is 10.1. The first-order valence-corrected chi connectivity index (χ1v) is 12.5. The molecule has 2 heterocycles. The number of rotatable bonds is 13. The van der Waals surface area contributed by atoms with Crippen molar-refractivity contribution >= 4 is 10.9 Å². The van der Waals surface area contributed by atoms with Crippen molar-refractivity contribution in [2.45, 2.75) is 71.6 Å². The lowest BCUT2D eigenvalue weighted by molar-refractivity contribution is -0.697. The van der Waals surface area contributed by atoms with Crippen LogP contribution in [0, 0.1) is 6.92 Å². The Morgan fingerprint density at radius 2 is 1.42 bits per heavy atom. The van der Waals surface area contributed by atoms with Crippen LogP contribution < -0.4 is 9.30 Å². The molecule has 3 heteroatoms. The highest BCUT2D eigenvalue weighted by molar-refractivity contribution is 5.82. The first-order chi connectivity index (χ1) is 16.3. The van der Waals surface area contributed by atoms with Crippen molar-refractivity contribution in [2.75, 3.05) is 0 Å². The Balaban J connectivity index is 1.16. The molecule has 0 unspecified atom stereocenters. The fourth-order valence-corrected chi connectivity index (χ4v) is 4.55. The van der Waals surface area contributed by atoms with Gasteiger partial charge in [0.1, 0.15) is 18.9 Å². The zero-order valence-corrected chi connectivity index (χ0v) is 20.0. The summed E-state index contributed by atoms with van der Waals surface area (Å²) in [4.78, 5) is 0. The molecule has 0 aliphatic carbocycles. The van der Waals surface area contributed by atoms with E-state index in [1.54, 1.807) is 0 Å². The second kappa shape index (κ2) is 12.2. The van der Waals surface area contributed by atoms with Gasteiger partial charge >= 0.3 is 0 Å². The van der Waals surface area contributed by atoms with E-state index in [9.17, 15) is 0 Å². The third-order valence-electron chi connectivity index (χ3n) is 6.40. The van der Waals surface area contributed by atoms with Gasteiger partial charge in [-0.1, -0.05) is 62.1 Å². The summed E-state index contributed by atoms with van der Waals surface area (Å²) >= 11 is 0. The van der Waals surface area contributed by atoms with Crippen molar-refractivity contribution in [3.63, 3.8) is 0 Å². The van der Waals surface area contributed by atoms with Gasteiger partial charge < -0.3 is 9.30 Å². The number of hydrogen-bond acceptors (Lipinski definition) is 1. The Morgan fingerprint density at radius 3 is 2.21 bits per heavy atom. The summed E-state index contributed by atoms with van der Waals surface area (Å²) in [5.74, 6) is 0.939. The van der Waals surface area contributed by atoms with Crippen LogP contribution in [0.4, 0.5) is 0 Å². The van der Waals surface area contributed by atoms with Crippen LogP contribution in [0.3, 0.4) is 0 Å². The van der Waals surface area contributed by atoms with E-state index in [4.69, 9.17) is 4.74 Å². The number of ether oxygens (including phenoxy) is 1. The van der Waals surface area contributed by atoms with E-state index in [1.165, 1.54) is 67.1 Å². The van der Waals surface area contributed by atoms with Crippen LogP contribution in [0.5, 0.6) is 5.75 Å². The average molecular weight is 442 g/mol. The summed E-state index contributed by atoms with van der Waals surface area (Å²) in [6, 6.07) is 25.4. The Morgan fingerprint density at radius 1 is 0.727 bits per heavy atom. The van der Waals surface area contributed by atoms with Crippen LogP contribution >= 0.6 is 0 Å². The lowest BCUT2D eigenvalue weighted by Crippen LogP contribution is -2.32. The largest absolute Gasteiger partial charge is 0.489 e. The van der Waals surface area contributed by atoms with Crippen molar-refractivity contribution in [3.05, 3.63) is 96.4 Å². The molecule has 0 N–H and O–H groups in total. The molecule has 0 amide bonds. The molecule has 33 heavy (non-hydrogen) atoms. The van der Waals surface area contributed by atoms with E-state index in [2.05, 4.69) is 95.2 Å². The summed E-state index contributed by atoms with van der Waals surface area (Å²) in [7, 11) is 0. The number of hydrogen-bond donors (Lipinski definition) is 0. The maximum atomic E-state index is 6.02. The minimum absolute atomic E-state index is 0.608. The summed E-state index contributed by atoms with van der Waals surface area (Å²) in [6.07, 6.45) is 13.5. The monoisotopic (exact) mass is 441 g/mol. The zero-order chi connectivity index (χ0) is 22.7. The number of nitrogens with zero attached hydrogens (tertiary/aromatic N) is 2. The molecule has 0 saturated carbocycles. The quantitative estimate of drug-likeness (QED) is 0.158. The molecule has 0 aliphatic rings. The SMILES string of the molecule is Cc1cc2cc(OCc3ccccc3)ccc2n1CCCCCCCCC[n+]1ccccc1. The van der Waals surface area contributed by atoms with E-state index in [-0.39, 0.29) is 0 Å². The molecule has 2 aromatic carbocycles. The fraction of sp³-hybridized carbons (Fsp3) is 0.367. The van der Waals surface area contributed by atoms with E-state index >= 15 is 0 Å². The van der Waals surface area contributed by atoms with Crippen molar-refractivity contribution in [1.29, 1.82) is 0 Å². The standard InChI is InChI=1S/C30H37N2O/c1-26-23-28-24-29(33-25-27-15-9-7-10-16-27)17-18-30(28)32(26)22-14-6-4-2-3-5-11-19-31-20-12-8-13-21-31/h7-10,12-13,15-18,20-21,23-24H,2-6,11,14,19,22,25H2,1H3/q+1. The summed E-state index contributed by atoms with van der Waals surface area (Å²) in [6.45, 7) is 5.07. The van der Waals surface area contributed by atoms with E-state index in [1.807, 2.05) is 6.07 Å². The predicted molar refractivity (Wildman–Crippen MR) is 136 cm³/mol. The molecule has 0 radical (unpaired) electrons. The van der Waals surface area contributed by atoms with Crippen LogP contribution in [0.15, 0.2) is 85.2 Å². The van der Waals surface area contributed by atoms with Crippen molar-refractivity contribution in [1.82, 2.24) is 4.57 Å². The van der Waals surface area contributed by atoms with Gasteiger partial charge in [-0.15, -0.1) is 0 Å². The molecule has 4 rings (SSSR count). The van der Waals surface area contributed by atoms with Gasteiger partial charge in [0.15, 0.2) is 12.4 Å². The molecular formula is C30H37N2O+. The van der Waals surface area contributed by atoms with Gasteiger partial charge in [-0.3, -0.25) is 0 Å². The van der Waals surface area contributed by atoms with E-state index in [0.29, 0.717) is 6.61 Å². The molecule has 0 spiro atoms. The Kier molecular flexibility index (Phi) is 8.57. The van der Waals surface area contributed by atoms with Crippen molar-refractivity contribution in [3.8, 4) is 5.75 Å². The topological polar surface area (TPSA) is 18.0 Å². The fourth-order valence-electron chi connectivity index (χ4n) is 4.55. The highest BCUT2D eigenvalue weighted by Gasteiger charge is 2.07. The van der Waals surface area contributed by atoms with Gasteiger partial charge in [0.05, 0.1) is 0 Å². The van der Waals surface area contributed by atoms with E-state index < -0.39 is 0 Å². The van der Waals surface area contributed by atoms with Crippen LogP contribution in [0.25, 0.3) is 10.9 Å². The van der Waals surface area contributed by atoms with Crippen molar-refractivity contribution in [2.24, 2.45) is 0 Å². The number of aromatic nitrogens is 2.